The van der Waals surface area contributed by atoms with Crippen LogP contribution in [0, 0.1) is 6.92 Å². The van der Waals surface area contributed by atoms with Crippen LogP contribution in [-0.4, -0.2) is 24.9 Å². The molecule has 0 fully saturated rings. The molecule has 1 rings (SSSR count). The van der Waals surface area contributed by atoms with E-state index in [4.69, 9.17) is 0 Å². The number of unbranched alkanes of at least 4 members (excludes halogenated alkanes) is 1. The van der Waals surface area contributed by atoms with Gasteiger partial charge in [-0.2, -0.15) is 0 Å². The van der Waals surface area contributed by atoms with E-state index in [9.17, 15) is 4.79 Å². The van der Waals surface area contributed by atoms with Gasteiger partial charge < -0.3 is 0 Å². The number of rotatable bonds is 4. The van der Waals surface area contributed by atoms with Gasteiger partial charge in [0.15, 0.2) is 0 Å². The summed E-state index contributed by atoms with van der Waals surface area (Å²) in [4.78, 5) is 18.1. The second kappa shape index (κ2) is 5.20. The first-order valence-corrected chi connectivity index (χ1v) is 6.50. The van der Waals surface area contributed by atoms with Crippen LogP contribution in [0.1, 0.15) is 25.5 Å². The molecule has 1 N–H and O–H groups in total. The van der Waals surface area contributed by atoms with Gasteiger partial charge in [0, 0.05) is 0 Å². The first kappa shape index (κ1) is 10.5. The predicted octanol–water partition coefficient (Wildman–Crippen LogP) is 0.626. The number of aryl methyl sites for hydroxylation is 1. The summed E-state index contributed by atoms with van der Waals surface area (Å²) in [5, 5.41) is 1.16. The molecule has 13 heavy (non-hydrogen) atoms. The molecule has 0 aromatic carbocycles. The van der Waals surface area contributed by atoms with Crippen LogP contribution in [0.4, 0.5) is 0 Å². The Kier molecular flexibility index (Phi) is 4.19. The van der Waals surface area contributed by atoms with Crippen LogP contribution in [0.25, 0.3) is 0 Å². The van der Waals surface area contributed by atoms with Crippen molar-refractivity contribution in [3.8, 4) is 0 Å². The molecule has 3 nitrogen and oxygen atoms in total. The minimum absolute atomic E-state index is 0.0270. The Hall–Kier alpha value is -0.601. The third kappa shape index (κ3) is 3.74. The molecule has 0 radical (unpaired) electrons. The van der Waals surface area contributed by atoms with E-state index in [0.717, 1.165) is 15.7 Å². The summed E-state index contributed by atoms with van der Waals surface area (Å²) in [6, 6.07) is 1.53. The zero-order valence-electron chi connectivity index (χ0n) is 7.96. The van der Waals surface area contributed by atoms with E-state index in [1.807, 2.05) is 6.92 Å². The summed E-state index contributed by atoms with van der Waals surface area (Å²) in [7, 11) is 0. The van der Waals surface area contributed by atoms with Gasteiger partial charge >= 0.3 is 83.8 Å². The van der Waals surface area contributed by atoms with Gasteiger partial charge in [-0.3, -0.25) is 0 Å². The van der Waals surface area contributed by atoms with E-state index >= 15 is 0 Å². The Morgan fingerprint density at radius 1 is 1.62 bits per heavy atom. The molecule has 0 saturated heterocycles. The molecule has 0 aliphatic carbocycles. The van der Waals surface area contributed by atoms with Gasteiger partial charge in [-0.05, 0) is 0 Å². The van der Waals surface area contributed by atoms with Gasteiger partial charge in [0.05, 0.1) is 0 Å². The molecule has 0 bridgehead atoms. The summed E-state index contributed by atoms with van der Waals surface area (Å²) in [5.74, 6) is 0. The normalized spacial score (nSPS) is 10.3. The molecule has 4 heteroatoms. The van der Waals surface area contributed by atoms with Gasteiger partial charge in [-0.25, -0.2) is 0 Å². The third-order valence-electron chi connectivity index (χ3n) is 1.58. The van der Waals surface area contributed by atoms with E-state index in [2.05, 4.69) is 16.9 Å². The zero-order chi connectivity index (χ0) is 9.68. The van der Waals surface area contributed by atoms with E-state index in [0.29, 0.717) is 15.0 Å². The van der Waals surface area contributed by atoms with Gasteiger partial charge in [0.25, 0.3) is 0 Å². The van der Waals surface area contributed by atoms with Crippen molar-refractivity contribution in [3.05, 3.63) is 22.1 Å². The molecule has 1 aromatic rings. The van der Waals surface area contributed by atoms with Crippen LogP contribution in [0.2, 0.25) is 5.32 Å². The van der Waals surface area contributed by atoms with Gasteiger partial charge in [0.1, 0.15) is 0 Å². The molecule has 0 unspecified atom stereocenters. The number of hydrogen-bond donors (Lipinski definition) is 1. The zero-order valence-corrected chi connectivity index (χ0v) is 9.68. The Bertz CT molecular complexity index is 322. The molecular weight excluding hydrogens is 231 g/mol. The van der Waals surface area contributed by atoms with Crippen molar-refractivity contribution in [1.82, 2.24) is 9.97 Å². The van der Waals surface area contributed by atoms with Crippen molar-refractivity contribution in [3.63, 3.8) is 0 Å². The molecule has 0 atom stereocenters. The molecular formula is C9H14N2OSe. The van der Waals surface area contributed by atoms with Crippen LogP contribution in [0.5, 0.6) is 0 Å². The van der Waals surface area contributed by atoms with E-state index in [1.54, 1.807) is 0 Å². The molecule has 1 aromatic heterocycles. The Morgan fingerprint density at radius 2 is 2.38 bits per heavy atom. The second-order valence-corrected chi connectivity index (χ2v) is 5.17. The fourth-order valence-electron chi connectivity index (χ4n) is 0.933. The molecule has 0 aliphatic heterocycles. The number of aromatic nitrogens is 2. The summed E-state index contributed by atoms with van der Waals surface area (Å²) in [6.45, 7) is 4.02. The van der Waals surface area contributed by atoms with Crippen LogP contribution < -0.4 is 10.3 Å². The molecule has 0 aliphatic rings. The Morgan fingerprint density at radius 3 is 3.00 bits per heavy atom. The van der Waals surface area contributed by atoms with Gasteiger partial charge in [-0.15, -0.1) is 0 Å². The molecule has 72 valence electrons. The van der Waals surface area contributed by atoms with Crippen LogP contribution >= 0.6 is 0 Å². The van der Waals surface area contributed by atoms with E-state index in [1.165, 1.54) is 18.9 Å². The number of aromatic amines is 1. The summed E-state index contributed by atoms with van der Waals surface area (Å²) >= 11 is 0.335. The average molecular weight is 245 g/mol. The quantitative estimate of drug-likeness (QED) is 0.624. The van der Waals surface area contributed by atoms with E-state index < -0.39 is 0 Å². The fourth-order valence-corrected chi connectivity index (χ4v) is 3.05. The van der Waals surface area contributed by atoms with Gasteiger partial charge in [0.2, 0.25) is 0 Å². The standard InChI is InChI=1S/C9H14N2OSe/c1-3-4-5-13-9-10-7(2)6-8(12)11-9/h6H,3-5H2,1-2H3,(H,10,11,12). The predicted molar refractivity (Wildman–Crippen MR) is 54.7 cm³/mol. The number of H-pyrrole nitrogens is 1. The van der Waals surface area contributed by atoms with Crippen LogP contribution in [0.3, 0.4) is 0 Å². The van der Waals surface area contributed by atoms with Gasteiger partial charge in [-0.1, -0.05) is 0 Å². The number of hydrogen-bond acceptors (Lipinski definition) is 2. The topological polar surface area (TPSA) is 45.8 Å². The summed E-state index contributed by atoms with van der Waals surface area (Å²) in [6.07, 6.45) is 2.43. The first-order valence-electron chi connectivity index (χ1n) is 4.43. The first-order chi connectivity index (χ1) is 6.22. The van der Waals surface area contributed by atoms with Crippen molar-refractivity contribution in [1.29, 1.82) is 0 Å². The molecule has 0 saturated carbocycles. The molecule has 0 amide bonds. The SMILES string of the molecule is CCCC[Se]c1nc(C)cc(=O)[nH]1. The van der Waals surface area contributed by atoms with Crippen molar-refractivity contribution in [2.45, 2.75) is 32.0 Å². The summed E-state index contributed by atoms with van der Waals surface area (Å²) < 4.78 is 0.881. The molecule has 1 heterocycles. The van der Waals surface area contributed by atoms with Crippen LogP contribution in [0.15, 0.2) is 10.9 Å². The summed E-state index contributed by atoms with van der Waals surface area (Å²) in [5.41, 5.74) is 0.790. The van der Waals surface area contributed by atoms with Crippen molar-refractivity contribution in [2.24, 2.45) is 0 Å². The second-order valence-electron chi connectivity index (χ2n) is 2.89. The maximum absolute atomic E-state index is 11.1. The number of nitrogens with zero attached hydrogens (tertiary/aromatic N) is 1. The van der Waals surface area contributed by atoms with Crippen LogP contribution in [-0.2, 0) is 0 Å². The Balaban J connectivity index is 2.61. The monoisotopic (exact) mass is 246 g/mol. The van der Waals surface area contributed by atoms with E-state index in [-0.39, 0.29) is 5.56 Å². The van der Waals surface area contributed by atoms with Crippen molar-refractivity contribution >= 4 is 19.7 Å². The maximum atomic E-state index is 11.1. The fraction of sp³-hybridized carbons (Fsp3) is 0.556. The number of nitrogens with one attached hydrogen (secondary N) is 1. The Labute approximate surface area is 84.1 Å². The third-order valence-corrected chi connectivity index (χ3v) is 3.60. The minimum atomic E-state index is -0.0270. The van der Waals surface area contributed by atoms with Crippen molar-refractivity contribution in [2.75, 3.05) is 0 Å². The van der Waals surface area contributed by atoms with Crippen molar-refractivity contribution < 1.29 is 0 Å². The average Bonchev–Trinajstić information content (AvgIpc) is 2.03. The molecule has 0 spiro atoms.